The van der Waals surface area contributed by atoms with Gasteiger partial charge < -0.3 is 10.6 Å². The van der Waals surface area contributed by atoms with E-state index in [1.807, 2.05) is 0 Å². The zero-order valence-corrected chi connectivity index (χ0v) is 22.1. The number of hydrogen-bond donors (Lipinski definition) is 0. The molecule has 3 fully saturated rings. The second-order valence-electron chi connectivity index (χ2n) is 9.72. The Morgan fingerprint density at radius 1 is 0.600 bits per heavy atom. The standard InChI is InChI=1S/C23H30.2C2H6N.Zr/c1-3-9-19-17(7-1)11-13-21(19)23(15-5-6-16-23)22-14-12-18-8-2-4-10-20(18)22;2*1-3-2;/h1-4,7-10,17-22H,5-6,11-16H2;2*1-2H3;/q;2*-1;+4. The van der Waals surface area contributed by atoms with E-state index < -0.39 is 0 Å². The van der Waals surface area contributed by atoms with E-state index in [-0.39, 0.29) is 26.2 Å². The average Bonchev–Trinajstić information content (AvgIpc) is 3.47. The summed E-state index contributed by atoms with van der Waals surface area (Å²) < 4.78 is 0. The van der Waals surface area contributed by atoms with Crippen LogP contribution in [-0.4, -0.2) is 28.2 Å². The Hall–Kier alpha value is -0.237. The van der Waals surface area contributed by atoms with Crippen LogP contribution in [0.15, 0.2) is 48.6 Å². The Morgan fingerprint density at radius 3 is 1.37 bits per heavy atom. The molecule has 2 nitrogen and oxygen atoms in total. The third-order valence-electron chi connectivity index (χ3n) is 8.16. The van der Waals surface area contributed by atoms with Crippen LogP contribution in [0.25, 0.3) is 10.6 Å². The molecule has 0 bridgehead atoms. The third-order valence-corrected chi connectivity index (χ3v) is 8.16. The topological polar surface area (TPSA) is 28.2 Å². The van der Waals surface area contributed by atoms with Crippen molar-refractivity contribution in [2.75, 3.05) is 28.2 Å². The molecule has 3 heteroatoms. The maximum Gasteiger partial charge on any atom is 4.00 e. The Bertz CT molecular complexity index is 566. The molecule has 0 aromatic carbocycles. The van der Waals surface area contributed by atoms with Crippen molar-refractivity contribution >= 4 is 0 Å². The fourth-order valence-corrected chi connectivity index (χ4v) is 7.30. The number of hydrogen-bond acceptors (Lipinski definition) is 0. The summed E-state index contributed by atoms with van der Waals surface area (Å²) in [5.74, 6) is 5.31. The predicted molar refractivity (Wildman–Crippen MR) is 127 cm³/mol. The van der Waals surface area contributed by atoms with E-state index >= 15 is 0 Å². The smallest absolute Gasteiger partial charge is 0.668 e. The maximum atomic E-state index is 3.50. The SMILES string of the molecule is C1=CC2CCC(C3(C4CCC5C=CC=CC54)CCCC3)C2C=C1.C[N-]C.C[N-]C.[Zr+4]. The van der Waals surface area contributed by atoms with Crippen LogP contribution in [0.2, 0.25) is 0 Å². The van der Waals surface area contributed by atoms with E-state index in [4.69, 9.17) is 0 Å². The minimum atomic E-state index is 0. The van der Waals surface area contributed by atoms with Crippen LogP contribution >= 0.6 is 0 Å². The van der Waals surface area contributed by atoms with Gasteiger partial charge in [0.25, 0.3) is 0 Å². The molecule has 30 heavy (non-hydrogen) atoms. The van der Waals surface area contributed by atoms with Gasteiger partial charge >= 0.3 is 26.2 Å². The van der Waals surface area contributed by atoms with E-state index in [9.17, 15) is 0 Å². The number of nitrogens with zero attached hydrogens (tertiary/aromatic N) is 2. The third kappa shape index (κ3) is 5.39. The molecule has 0 heterocycles. The molecular weight excluding hydrogens is 444 g/mol. The largest absolute Gasteiger partial charge is 4.00 e. The minimum Gasteiger partial charge on any atom is -0.668 e. The Morgan fingerprint density at radius 2 is 0.967 bits per heavy atom. The van der Waals surface area contributed by atoms with Gasteiger partial charge in [0.15, 0.2) is 0 Å². The first-order chi connectivity index (χ1) is 14.2. The molecule has 0 radical (unpaired) electrons. The second kappa shape index (κ2) is 12.7. The molecular formula is C27H42N2Zr+2. The molecule has 3 saturated carbocycles. The first-order valence-corrected chi connectivity index (χ1v) is 11.9. The molecule has 0 amide bonds. The van der Waals surface area contributed by atoms with Gasteiger partial charge in [-0.2, -0.15) is 28.2 Å². The van der Waals surface area contributed by atoms with Gasteiger partial charge in [-0.25, -0.2) is 0 Å². The average molecular weight is 486 g/mol. The van der Waals surface area contributed by atoms with Gasteiger partial charge in [-0.3, -0.25) is 0 Å². The molecule has 0 aromatic rings. The van der Waals surface area contributed by atoms with Gasteiger partial charge in [0, 0.05) is 0 Å². The molecule has 6 unspecified atom stereocenters. The van der Waals surface area contributed by atoms with Crippen LogP contribution in [0.3, 0.4) is 0 Å². The first-order valence-electron chi connectivity index (χ1n) is 11.9. The molecule has 0 spiro atoms. The Kier molecular flexibility index (Phi) is 11.0. The molecule has 0 aromatic heterocycles. The Labute approximate surface area is 205 Å². The quantitative estimate of drug-likeness (QED) is 0.392. The van der Waals surface area contributed by atoms with Crippen LogP contribution in [0, 0.1) is 40.9 Å². The van der Waals surface area contributed by atoms with Gasteiger partial charge in [-0.05, 0) is 79.4 Å². The minimum absolute atomic E-state index is 0. The van der Waals surface area contributed by atoms with Gasteiger partial charge in [-0.15, -0.1) is 0 Å². The van der Waals surface area contributed by atoms with Crippen molar-refractivity contribution in [2.24, 2.45) is 40.9 Å². The number of fused-ring (bicyclic) bond motifs is 2. The number of allylic oxidation sites excluding steroid dienone is 8. The molecule has 0 saturated heterocycles. The van der Waals surface area contributed by atoms with Gasteiger partial charge in [0.05, 0.1) is 0 Å². The number of rotatable bonds is 2. The van der Waals surface area contributed by atoms with E-state index in [0.29, 0.717) is 5.41 Å². The summed E-state index contributed by atoms with van der Waals surface area (Å²) in [4.78, 5) is 0. The summed E-state index contributed by atoms with van der Waals surface area (Å²) in [7, 11) is 7.00. The van der Waals surface area contributed by atoms with E-state index in [1.54, 1.807) is 28.2 Å². The Balaban J connectivity index is 0.000000414. The molecule has 5 rings (SSSR count). The summed E-state index contributed by atoms with van der Waals surface area (Å²) in [6.45, 7) is 0. The predicted octanol–water partition coefficient (Wildman–Crippen LogP) is 7.32. The molecule has 6 atom stereocenters. The normalized spacial score (nSPS) is 36.7. The fraction of sp³-hybridized carbons (Fsp3) is 0.704. The molecule has 162 valence electrons. The molecule has 0 N–H and O–H groups in total. The van der Waals surface area contributed by atoms with E-state index in [0.717, 1.165) is 35.5 Å². The second-order valence-corrected chi connectivity index (χ2v) is 9.72. The van der Waals surface area contributed by atoms with Crippen LogP contribution in [0.5, 0.6) is 0 Å². The zero-order valence-electron chi connectivity index (χ0n) is 19.6. The molecule has 0 aliphatic heterocycles. The van der Waals surface area contributed by atoms with Crippen molar-refractivity contribution in [3.8, 4) is 0 Å². The van der Waals surface area contributed by atoms with Crippen LogP contribution in [0.4, 0.5) is 0 Å². The van der Waals surface area contributed by atoms with Gasteiger partial charge in [0.1, 0.15) is 0 Å². The first kappa shape index (κ1) is 26.0. The van der Waals surface area contributed by atoms with E-state index in [2.05, 4.69) is 59.2 Å². The van der Waals surface area contributed by atoms with Crippen molar-refractivity contribution < 1.29 is 26.2 Å². The zero-order chi connectivity index (χ0) is 20.7. The molecule has 5 aliphatic rings. The van der Waals surface area contributed by atoms with Crippen LogP contribution in [0.1, 0.15) is 51.4 Å². The van der Waals surface area contributed by atoms with Crippen molar-refractivity contribution in [1.82, 2.24) is 0 Å². The van der Waals surface area contributed by atoms with Gasteiger partial charge in [-0.1, -0.05) is 61.4 Å². The molecule has 5 aliphatic carbocycles. The summed E-state index contributed by atoms with van der Waals surface area (Å²) in [6, 6.07) is 0. The van der Waals surface area contributed by atoms with Crippen LogP contribution in [-0.2, 0) is 26.2 Å². The summed E-state index contributed by atoms with van der Waals surface area (Å²) in [5, 5.41) is 7.00. The fourth-order valence-electron chi connectivity index (χ4n) is 7.30. The van der Waals surface area contributed by atoms with Crippen molar-refractivity contribution in [3.05, 3.63) is 59.2 Å². The van der Waals surface area contributed by atoms with Crippen LogP contribution < -0.4 is 0 Å². The summed E-state index contributed by atoms with van der Waals surface area (Å²) >= 11 is 0. The summed E-state index contributed by atoms with van der Waals surface area (Å²) in [5.41, 5.74) is 0.657. The van der Waals surface area contributed by atoms with Crippen molar-refractivity contribution in [1.29, 1.82) is 0 Å². The van der Waals surface area contributed by atoms with Crippen molar-refractivity contribution in [2.45, 2.75) is 51.4 Å². The van der Waals surface area contributed by atoms with E-state index in [1.165, 1.54) is 51.4 Å². The monoisotopic (exact) mass is 484 g/mol. The summed E-state index contributed by atoms with van der Waals surface area (Å²) in [6.07, 6.45) is 31.3. The van der Waals surface area contributed by atoms with Gasteiger partial charge in [0.2, 0.25) is 0 Å². The maximum absolute atomic E-state index is 3.50. The van der Waals surface area contributed by atoms with Crippen molar-refractivity contribution in [3.63, 3.8) is 0 Å².